The highest BCUT2D eigenvalue weighted by Gasteiger charge is 2.44. The molecule has 0 aromatic rings. The maximum Gasteiger partial charge on any atom is 0.223 e. The van der Waals surface area contributed by atoms with Crippen LogP contribution in [0.1, 0.15) is 57.8 Å². The summed E-state index contributed by atoms with van der Waals surface area (Å²) in [4.78, 5) is 15.4. The van der Waals surface area contributed by atoms with Crippen molar-refractivity contribution in [3.05, 3.63) is 0 Å². The second kappa shape index (κ2) is 6.72. The van der Waals surface area contributed by atoms with Gasteiger partial charge < -0.3 is 10.1 Å². The third-order valence-corrected chi connectivity index (χ3v) is 7.12. The van der Waals surface area contributed by atoms with Gasteiger partial charge >= 0.3 is 0 Å². The lowest BCUT2D eigenvalue weighted by Gasteiger charge is -2.48. The molecule has 23 heavy (non-hydrogen) atoms. The number of carbonyl (C=O) groups is 1. The molecule has 1 N–H and O–H groups in total. The van der Waals surface area contributed by atoms with Crippen molar-refractivity contribution in [2.75, 3.05) is 32.8 Å². The van der Waals surface area contributed by atoms with Crippen molar-refractivity contribution in [1.82, 2.24) is 10.2 Å². The minimum Gasteiger partial charge on any atom is -0.381 e. The van der Waals surface area contributed by atoms with Gasteiger partial charge in [0.05, 0.1) is 0 Å². The Kier molecular flexibility index (Phi) is 4.64. The van der Waals surface area contributed by atoms with Gasteiger partial charge in [-0.1, -0.05) is 12.8 Å². The SMILES string of the molecule is O=C(NCC1(N2CCCCC2)CCOCC1)C1CC2CCC1C2. The summed E-state index contributed by atoms with van der Waals surface area (Å²) in [7, 11) is 0. The first kappa shape index (κ1) is 15.9. The number of hydrogen-bond acceptors (Lipinski definition) is 3. The molecule has 4 nitrogen and oxygen atoms in total. The smallest absolute Gasteiger partial charge is 0.223 e. The van der Waals surface area contributed by atoms with Crippen molar-refractivity contribution in [3.63, 3.8) is 0 Å². The molecule has 2 heterocycles. The topological polar surface area (TPSA) is 41.6 Å². The Morgan fingerprint density at radius 3 is 2.52 bits per heavy atom. The molecule has 0 aromatic carbocycles. The normalized spacial score (nSPS) is 37.0. The number of nitrogens with one attached hydrogen (secondary N) is 1. The van der Waals surface area contributed by atoms with Crippen LogP contribution in [0.4, 0.5) is 0 Å². The molecule has 1 amide bonds. The van der Waals surface area contributed by atoms with Crippen LogP contribution >= 0.6 is 0 Å². The molecule has 2 bridgehead atoms. The molecule has 0 spiro atoms. The Morgan fingerprint density at radius 1 is 1.09 bits per heavy atom. The van der Waals surface area contributed by atoms with E-state index in [0.29, 0.717) is 17.7 Å². The van der Waals surface area contributed by atoms with Crippen molar-refractivity contribution in [2.45, 2.75) is 63.3 Å². The van der Waals surface area contributed by atoms with E-state index in [4.69, 9.17) is 4.74 Å². The molecule has 2 aliphatic carbocycles. The summed E-state index contributed by atoms with van der Waals surface area (Å²) in [6.07, 6.45) is 11.2. The monoisotopic (exact) mass is 320 g/mol. The first-order valence-electron chi connectivity index (χ1n) is 9.87. The van der Waals surface area contributed by atoms with Gasteiger partial charge in [-0.25, -0.2) is 0 Å². The van der Waals surface area contributed by atoms with Gasteiger partial charge in [-0.2, -0.15) is 0 Å². The van der Waals surface area contributed by atoms with Crippen molar-refractivity contribution in [3.8, 4) is 0 Å². The van der Waals surface area contributed by atoms with E-state index in [1.807, 2.05) is 0 Å². The second-order valence-corrected chi connectivity index (χ2v) is 8.38. The quantitative estimate of drug-likeness (QED) is 0.865. The summed E-state index contributed by atoms with van der Waals surface area (Å²) < 4.78 is 5.62. The molecule has 3 unspecified atom stereocenters. The van der Waals surface area contributed by atoms with E-state index in [9.17, 15) is 4.79 Å². The van der Waals surface area contributed by atoms with Crippen molar-refractivity contribution >= 4 is 5.91 Å². The van der Waals surface area contributed by atoms with Gasteiger partial charge in [0.1, 0.15) is 0 Å². The molecule has 4 rings (SSSR count). The van der Waals surface area contributed by atoms with Crippen LogP contribution in [-0.2, 0) is 9.53 Å². The Labute approximate surface area is 140 Å². The van der Waals surface area contributed by atoms with Crippen LogP contribution in [0.2, 0.25) is 0 Å². The molecule has 2 aliphatic heterocycles. The molecule has 4 fully saturated rings. The lowest BCUT2D eigenvalue weighted by molar-refractivity contribution is -0.128. The summed E-state index contributed by atoms with van der Waals surface area (Å²) in [5.41, 5.74) is 0.159. The third-order valence-electron chi connectivity index (χ3n) is 7.12. The van der Waals surface area contributed by atoms with E-state index in [2.05, 4.69) is 10.2 Å². The zero-order valence-corrected chi connectivity index (χ0v) is 14.4. The average Bonchev–Trinajstić information content (AvgIpc) is 3.25. The fraction of sp³-hybridized carbons (Fsp3) is 0.947. The van der Waals surface area contributed by atoms with Gasteiger partial charge in [0.2, 0.25) is 5.91 Å². The predicted octanol–water partition coefficient (Wildman–Crippen LogP) is 2.57. The van der Waals surface area contributed by atoms with Gasteiger partial charge in [0.15, 0.2) is 0 Å². The molecule has 4 heteroatoms. The van der Waals surface area contributed by atoms with Crippen LogP contribution in [0, 0.1) is 17.8 Å². The maximum atomic E-state index is 12.7. The number of ether oxygens (including phenoxy) is 1. The lowest BCUT2D eigenvalue weighted by Crippen LogP contribution is -2.60. The van der Waals surface area contributed by atoms with Crippen LogP contribution < -0.4 is 5.32 Å². The fourth-order valence-electron chi connectivity index (χ4n) is 5.67. The summed E-state index contributed by atoms with van der Waals surface area (Å²) in [5, 5.41) is 3.38. The molecule has 2 saturated carbocycles. The van der Waals surface area contributed by atoms with Gasteiger partial charge in [-0.05, 0) is 69.9 Å². The Bertz CT molecular complexity index is 427. The molecule has 4 aliphatic rings. The van der Waals surface area contributed by atoms with Crippen molar-refractivity contribution in [2.24, 2.45) is 17.8 Å². The first-order valence-corrected chi connectivity index (χ1v) is 9.87. The van der Waals surface area contributed by atoms with Gasteiger partial charge in [0, 0.05) is 31.2 Å². The van der Waals surface area contributed by atoms with E-state index < -0.39 is 0 Å². The zero-order valence-electron chi connectivity index (χ0n) is 14.4. The van der Waals surface area contributed by atoms with Gasteiger partial charge in [0.25, 0.3) is 0 Å². The van der Waals surface area contributed by atoms with Crippen LogP contribution in [-0.4, -0.2) is 49.2 Å². The number of fused-ring (bicyclic) bond motifs is 2. The van der Waals surface area contributed by atoms with Crippen LogP contribution in [0.25, 0.3) is 0 Å². The minimum atomic E-state index is 0.159. The Morgan fingerprint density at radius 2 is 1.87 bits per heavy atom. The van der Waals surface area contributed by atoms with Gasteiger partial charge in [-0.15, -0.1) is 0 Å². The maximum absolute atomic E-state index is 12.7. The van der Waals surface area contributed by atoms with Crippen LogP contribution in [0.15, 0.2) is 0 Å². The highest BCUT2D eigenvalue weighted by atomic mass is 16.5. The summed E-state index contributed by atoms with van der Waals surface area (Å²) in [5.74, 6) is 2.18. The first-order chi connectivity index (χ1) is 11.3. The molecule has 130 valence electrons. The van der Waals surface area contributed by atoms with Crippen LogP contribution in [0.3, 0.4) is 0 Å². The molecular formula is C19H32N2O2. The number of nitrogens with zero attached hydrogens (tertiary/aromatic N) is 1. The Hall–Kier alpha value is -0.610. The number of carbonyl (C=O) groups excluding carboxylic acids is 1. The van der Waals surface area contributed by atoms with Crippen molar-refractivity contribution < 1.29 is 9.53 Å². The molecule has 2 saturated heterocycles. The van der Waals surface area contributed by atoms with Crippen LogP contribution in [0.5, 0.6) is 0 Å². The van der Waals surface area contributed by atoms with E-state index in [-0.39, 0.29) is 5.54 Å². The predicted molar refractivity (Wildman–Crippen MR) is 90.2 cm³/mol. The van der Waals surface area contributed by atoms with E-state index in [0.717, 1.165) is 44.9 Å². The summed E-state index contributed by atoms with van der Waals surface area (Å²) in [6.45, 7) is 4.93. The van der Waals surface area contributed by atoms with E-state index in [1.165, 1.54) is 51.6 Å². The third kappa shape index (κ3) is 3.17. The fourth-order valence-corrected chi connectivity index (χ4v) is 5.67. The highest BCUT2D eigenvalue weighted by Crippen LogP contribution is 2.48. The zero-order chi connectivity index (χ0) is 15.7. The Balaban J connectivity index is 1.38. The van der Waals surface area contributed by atoms with E-state index in [1.54, 1.807) is 0 Å². The molecule has 0 aromatic heterocycles. The number of likely N-dealkylation sites (tertiary alicyclic amines) is 1. The lowest BCUT2D eigenvalue weighted by atomic mass is 9.85. The molecule has 0 radical (unpaired) electrons. The van der Waals surface area contributed by atoms with E-state index >= 15 is 0 Å². The van der Waals surface area contributed by atoms with Gasteiger partial charge in [-0.3, -0.25) is 9.69 Å². The molecule has 3 atom stereocenters. The molecular weight excluding hydrogens is 288 g/mol. The standard InChI is InChI=1S/C19H32N2O2/c22-18(17-13-15-4-5-16(17)12-15)20-14-19(6-10-23-11-7-19)21-8-2-1-3-9-21/h15-17H,1-14H2,(H,20,22). The highest BCUT2D eigenvalue weighted by molar-refractivity contribution is 5.79. The van der Waals surface area contributed by atoms with Crippen molar-refractivity contribution in [1.29, 1.82) is 0 Å². The number of piperidine rings is 1. The second-order valence-electron chi connectivity index (χ2n) is 8.38. The average molecular weight is 320 g/mol. The number of hydrogen-bond donors (Lipinski definition) is 1. The number of amides is 1. The summed E-state index contributed by atoms with van der Waals surface area (Å²) in [6, 6.07) is 0. The largest absolute Gasteiger partial charge is 0.381 e. The minimum absolute atomic E-state index is 0.159. The summed E-state index contributed by atoms with van der Waals surface area (Å²) >= 11 is 0. The number of rotatable bonds is 4.